The van der Waals surface area contributed by atoms with Crippen LogP contribution in [0.2, 0.25) is 0 Å². The van der Waals surface area contributed by atoms with Crippen molar-refractivity contribution in [2.45, 2.75) is 19.1 Å². The van der Waals surface area contributed by atoms with E-state index in [0.29, 0.717) is 24.6 Å². The first-order valence-corrected chi connectivity index (χ1v) is 7.10. The molecule has 2 N–H and O–H groups in total. The molecule has 6 nitrogen and oxygen atoms in total. The molecule has 1 unspecified atom stereocenters. The summed E-state index contributed by atoms with van der Waals surface area (Å²) in [5, 5.41) is 17.9. The summed E-state index contributed by atoms with van der Waals surface area (Å²) in [5.41, 5.74) is 0.768. The summed E-state index contributed by atoms with van der Waals surface area (Å²) < 4.78 is 12.4. The van der Waals surface area contributed by atoms with Gasteiger partial charge in [-0.1, -0.05) is 12.1 Å². The van der Waals surface area contributed by atoms with E-state index in [2.05, 4.69) is 10.4 Å². The lowest BCUT2D eigenvalue weighted by Crippen LogP contribution is -2.35. The standard InChI is InChI=1S/C16H23N3O3/c1-16(20,13-9-18-19(2)10-13)11-17-8-12-6-5-7-14(21-3)15(12)22-4/h5-7,9-10,17,20H,8,11H2,1-4H3. The molecule has 2 rings (SSSR count). The number of nitrogens with one attached hydrogen (secondary N) is 1. The van der Waals surface area contributed by atoms with Gasteiger partial charge in [0.15, 0.2) is 11.5 Å². The molecule has 0 saturated heterocycles. The molecule has 0 bridgehead atoms. The predicted octanol–water partition coefficient (Wildman–Crippen LogP) is 1.43. The second-order valence-electron chi connectivity index (χ2n) is 5.43. The van der Waals surface area contributed by atoms with Crippen LogP contribution in [0.3, 0.4) is 0 Å². The molecule has 0 aliphatic carbocycles. The number of ether oxygens (including phenoxy) is 2. The zero-order valence-corrected chi connectivity index (χ0v) is 13.5. The third-order valence-corrected chi connectivity index (χ3v) is 3.60. The van der Waals surface area contributed by atoms with Gasteiger partial charge in [0, 0.05) is 37.5 Å². The molecule has 1 aromatic heterocycles. The number of para-hydroxylation sites is 1. The zero-order chi connectivity index (χ0) is 16.2. The molecule has 0 aliphatic heterocycles. The van der Waals surface area contributed by atoms with Crippen molar-refractivity contribution < 1.29 is 14.6 Å². The van der Waals surface area contributed by atoms with Crippen LogP contribution in [0.1, 0.15) is 18.1 Å². The second kappa shape index (κ2) is 6.81. The van der Waals surface area contributed by atoms with Crippen molar-refractivity contribution in [2.75, 3.05) is 20.8 Å². The maximum Gasteiger partial charge on any atom is 0.165 e. The van der Waals surface area contributed by atoms with E-state index in [4.69, 9.17) is 9.47 Å². The van der Waals surface area contributed by atoms with Gasteiger partial charge in [-0.3, -0.25) is 4.68 Å². The summed E-state index contributed by atoms with van der Waals surface area (Å²) in [6.07, 6.45) is 3.49. The predicted molar refractivity (Wildman–Crippen MR) is 84.0 cm³/mol. The summed E-state index contributed by atoms with van der Waals surface area (Å²) in [5.74, 6) is 1.40. The molecular formula is C16H23N3O3. The Bertz CT molecular complexity index is 623. The molecular weight excluding hydrogens is 282 g/mol. The Labute approximate surface area is 130 Å². The third-order valence-electron chi connectivity index (χ3n) is 3.60. The maximum atomic E-state index is 10.5. The van der Waals surface area contributed by atoms with Crippen LogP contribution in [0, 0.1) is 0 Å². The summed E-state index contributed by atoms with van der Waals surface area (Å²) in [6, 6.07) is 5.74. The van der Waals surface area contributed by atoms with Gasteiger partial charge in [-0.25, -0.2) is 0 Å². The van der Waals surface area contributed by atoms with Crippen molar-refractivity contribution in [3.8, 4) is 11.5 Å². The van der Waals surface area contributed by atoms with E-state index >= 15 is 0 Å². The van der Waals surface area contributed by atoms with Crippen LogP contribution in [-0.4, -0.2) is 35.7 Å². The third kappa shape index (κ3) is 3.58. The van der Waals surface area contributed by atoms with E-state index in [0.717, 1.165) is 11.1 Å². The van der Waals surface area contributed by atoms with Crippen LogP contribution in [0.4, 0.5) is 0 Å². The number of methoxy groups -OCH3 is 2. The lowest BCUT2D eigenvalue weighted by molar-refractivity contribution is 0.0565. The lowest BCUT2D eigenvalue weighted by Gasteiger charge is -2.23. The minimum Gasteiger partial charge on any atom is -0.493 e. The Kier molecular flexibility index (Phi) is 5.05. The number of nitrogens with zero attached hydrogens (tertiary/aromatic N) is 2. The van der Waals surface area contributed by atoms with Gasteiger partial charge in [-0.2, -0.15) is 5.10 Å². The van der Waals surface area contributed by atoms with Crippen molar-refractivity contribution >= 4 is 0 Å². The lowest BCUT2D eigenvalue weighted by atomic mass is 9.99. The number of aryl methyl sites for hydroxylation is 1. The Morgan fingerprint density at radius 1 is 1.32 bits per heavy atom. The SMILES string of the molecule is COc1cccc(CNCC(C)(O)c2cnn(C)c2)c1OC. The average Bonchev–Trinajstić information content (AvgIpc) is 2.94. The first-order chi connectivity index (χ1) is 10.5. The monoisotopic (exact) mass is 305 g/mol. The first-order valence-electron chi connectivity index (χ1n) is 7.10. The van der Waals surface area contributed by atoms with Gasteiger partial charge in [0.1, 0.15) is 5.60 Å². The van der Waals surface area contributed by atoms with Crippen molar-refractivity contribution in [2.24, 2.45) is 7.05 Å². The molecule has 0 radical (unpaired) electrons. The number of rotatable bonds is 7. The van der Waals surface area contributed by atoms with E-state index in [1.807, 2.05) is 31.4 Å². The van der Waals surface area contributed by atoms with Crippen LogP contribution in [0.5, 0.6) is 11.5 Å². The van der Waals surface area contributed by atoms with Crippen molar-refractivity contribution in [1.29, 1.82) is 0 Å². The van der Waals surface area contributed by atoms with Crippen molar-refractivity contribution in [1.82, 2.24) is 15.1 Å². The van der Waals surface area contributed by atoms with Gasteiger partial charge in [0.2, 0.25) is 0 Å². The highest BCUT2D eigenvalue weighted by molar-refractivity contribution is 5.46. The molecule has 0 aliphatic rings. The molecule has 120 valence electrons. The normalized spacial score (nSPS) is 13.7. The van der Waals surface area contributed by atoms with Gasteiger partial charge in [-0.05, 0) is 13.0 Å². The minimum atomic E-state index is -0.986. The summed E-state index contributed by atoms with van der Waals surface area (Å²) in [6.45, 7) is 2.73. The van der Waals surface area contributed by atoms with Gasteiger partial charge in [0.25, 0.3) is 0 Å². The van der Waals surface area contributed by atoms with E-state index in [1.165, 1.54) is 0 Å². The largest absolute Gasteiger partial charge is 0.493 e. The van der Waals surface area contributed by atoms with Crippen LogP contribution in [0.25, 0.3) is 0 Å². The highest BCUT2D eigenvalue weighted by Crippen LogP contribution is 2.30. The van der Waals surface area contributed by atoms with Gasteiger partial charge in [0.05, 0.1) is 20.4 Å². The van der Waals surface area contributed by atoms with Gasteiger partial charge < -0.3 is 19.9 Å². The fourth-order valence-electron chi connectivity index (χ4n) is 2.33. The fraction of sp³-hybridized carbons (Fsp3) is 0.438. The molecule has 0 amide bonds. The topological polar surface area (TPSA) is 68.5 Å². The Balaban J connectivity index is 2.02. The van der Waals surface area contributed by atoms with Crippen molar-refractivity contribution in [3.63, 3.8) is 0 Å². The smallest absolute Gasteiger partial charge is 0.165 e. The number of benzene rings is 1. The Morgan fingerprint density at radius 2 is 2.09 bits per heavy atom. The van der Waals surface area contributed by atoms with Gasteiger partial charge >= 0.3 is 0 Å². The summed E-state index contributed by atoms with van der Waals surface area (Å²) >= 11 is 0. The quantitative estimate of drug-likeness (QED) is 0.810. The fourth-order valence-corrected chi connectivity index (χ4v) is 2.33. The number of aliphatic hydroxyl groups is 1. The zero-order valence-electron chi connectivity index (χ0n) is 13.5. The van der Waals surface area contributed by atoms with Crippen LogP contribution < -0.4 is 14.8 Å². The van der Waals surface area contributed by atoms with Crippen LogP contribution >= 0.6 is 0 Å². The summed E-state index contributed by atoms with van der Waals surface area (Å²) in [4.78, 5) is 0. The molecule has 0 saturated carbocycles. The van der Waals surface area contributed by atoms with E-state index < -0.39 is 5.60 Å². The van der Waals surface area contributed by atoms with E-state index in [-0.39, 0.29) is 0 Å². The first kappa shape index (κ1) is 16.3. The number of hydrogen-bond donors (Lipinski definition) is 2. The highest BCUT2D eigenvalue weighted by Gasteiger charge is 2.24. The number of hydrogen-bond acceptors (Lipinski definition) is 5. The average molecular weight is 305 g/mol. The minimum absolute atomic E-state index is 0.402. The highest BCUT2D eigenvalue weighted by atomic mass is 16.5. The van der Waals surface area contributed by atoms with E-state index in [1.54, 1.807) is 32.0 Å². The molecule has 0 spiro atoms. The van der Waals surface area contributed by atoms with Crippen molar-refractivity contribution in [3.05, 3.63) is 41.7 Å². The maximum absolute atomic E-state index is 10.5. The van der Waals surface area contributed by atoms with Crippen LogP contribution in [0.15, 0.2) is 30.6 Å². The second-order valence-corrected chi connectivity index (χ2v) is 5.43. The molecule has 1 atom stereocenters. The molecule has 1 heterocycles. The molecule has 22 heavy (non-hydrogen) atoms. The summed E-state index contributed by atoms with van der Waals surface area (Å²) in [7, 11) is 5.06. The molecule has 1 aromatic carbocycles. The molecule has 2 aromatic rings. The Morgan fingerprint density at radius 3 is 2.68 bits per heavy atom. The van der Waals surface area contributed by atoms with Gasteiger partial charge in [-0.15, -0.1) is 0 Å². The Hall–Kier alpha value is -2.05. The molecule has 6 heteroatoms. The van der Waals surface area contributed by atoms with E-state index in [9.17, 15) is 5.11 Å². The number of aromatic nitrogens is 2. The van der Waals surface area contributed by atoms with Crippen LogP contribution in [-0.2, 0) is 19.2 Å². The molecule has 0 fully saturated rings.